The van der Waals surface area contributed by atoms with Crippen LogP contribution in [0.2, 0.25) is 0 Å². The molecule has 0 fully saturated rings. The first-order chi connectivity index (χ1) is 12.9. The number of hydrogen-bond donors (Lipinski definition) is 4. The highest BCUT2D eigenvalue weighted by molar-refractivity contribution is 5.85. The maximum atomic E-state index is 11.7. The molecule has 0 spiro atoms. The first kappa shape index (κ1) is 20.2. The average molecular weight is 374 g/mol. The van der Waals surface area contributed by atoms with E-state index in [0.29, 0.717) is 12.6 Å². The number of phenols is 2. The Morgan fingerprint density at radius 2 is 1.33 bits per heavy atom. The lowest BCUT2D eigenvalue weighted by molar-refractivity contribution is 0.111. The predicted molar refractivity (Wildman–Crippen MR) is 98.7 cm³/mol. The molecule has 144 valence electrons. The van der Waals surface area contributed by atoms with Gasteiger partial charge in [-0.05, 0) is 37.2 Å². The minimum Gasteiger partial charge on any atom is -0.504 e. The summed E-state index contributed by atoms with van der Waals surface area (Å²) in [6.07, 6.45) is 1.19. The Morgan fingerprint density at radius 1 is 0.926 bits per heavy atom. The lowest BCUT2D eigenvalue weighted by Crippen LogP contribution is -2.42. The van der Waals surface area contributed by atoms with Crippen LogP contribution in [0.25, 0.3) is 0 Å². The van der Waals surface area contributed by atoms with Crippen LogP contribution in [0.1, 0.15) is 38.3 Å². The molecule has 0 saturated heterocycles. The van der Waals surface area contributed by atoms with Gasteiger partial charge in [-0.25, -0.2) is 0 Å². The van der Waals surface area contributed by atoms with Crippen LogP contribution in [0.15, 0.2) is 24.3 Å². The molecule has 0 atom stereocenters. The highest BCUT2D eigenvalue weighted by Crippen LogP contribution is 2.48. The normalized spacial score (nSPS) is 11.1. The SMILES string of the molecule is COc1c(O)ccc(C=O)c1C(N)(CCN)c1c(C=O)ccc(O)c1OC. The van der Waals surface area contributed by atoms with Gasteiger partial charge >= 0.3 is 0 Å². The molecule has 8 heteroatoms. The second-order valence-electron chi connectivity index (χ2n) is 5.91. The fourth-order valence-electron chi connectivity index (χ4n) is 3.31. The molecule has 2 rings (SSSR count). The Balaban J connectivity index is 3.03. The molecule has 27 heavy (non-hydrogen) atoms. The van der Waals surface area contributed by atoms with Crippen molar-refractivity contribution in [2.75, 3.05) is 20.8 Å². The van der Waals surface area contributed by atoms with Crippen LogP contribution in [-0.2, 0) is 5.54 Å². The Morgan fingerprint density at radius 3 is 1.63 bits per heavy atom. The lowest BCUT2D eigenvalue weighted by Gasteiger charge is -2.35. The van der Waals surface area contributed by atoms with Crippen LogP contribution in [0, 0.1) is 0 Å². The van der Waals surface area contributed by atoms with E-state index >= 15 is 0 Å². The monoisotopic (exact) mass is 374 g/mol. The summed E-state index contributed by atoms with van der Waals surface area (Å²) in [4.78, 5) is 23.4. The number of ether oxygens (including phenoxy) is 2. The van der Waals surface area contributed by atoms with Gasteiger partial charge in [0.05, 0.1) is 19.8 Å². The number of methoxy groups -OCH3 is 2. The standard InChI is InChI=1S/C19H22N2O6/c1-26-17-13(24)5-3-11(9-22)15(17)19(21,7-8-20)16-12(10-23)4-6-14(25)18(16)27-2/h3-6,9-10,24-25H,7-8,20-21H2,1-2H3. The molecular weight excluding hydrogens is 352 g/mol. The van der Waals surface area contributed by atoms with Crippen molar-refractivity contribution in [2.24, 2.45) is 11.5 Å². The van der Waals surface area contributed by atoms with E-state index < -0.39 is 5.54 Å². The summed E-state index contributed by atoms with van der Waals surface area (Å²) in [5, 5.41) is 20.4. The van der Waals surface area contributed by atoms with Crippen LogP contribution >= 0.6 is 0 Å². The van der Waals surface area contributed by atoms with E-state index in [1.807, 2.05) is 0 Å². The van der Waals surface area contributed by atoms with Crippen molar-refractivity contribution in [1.29, 1.82) is 0 Å². The average Bonchev–Trinajstić information content (AvgIpc) is 2.67. The molecule has 0 amide bonds. The van der Waals surface area contributed by atoms with Crippen LogP contribution in [0.4, 0.5) is 0 Å². The van der Waals surface area contributed by atoms with E-state index in [1.54, 1.807) is 0 Å². The first-order valence-electron chi connectivity index (χ1n) is 8.09. The van der Waals surface area contributed by atoms with Crippen LogP contribution in [-0.4, -0.2) is 43.5 Å². The molecule has 0 aromatic heterocycles. The first-order valence-corrected chi connectivity index (χ1v) is 8.09. The van der Waals surface area contributed by atoms with Gasteiger partial charge < -0.3 is 31.2 Å². The second kappa shape index (κ2) is 8.07. The molecule has 0 heterocycles. The van der Waals surface area contributed by atoms with E-state index in [1.165, 1.54) is 38.5 Å². The van der Waals surface area contributed by atoms with Crippen molar-refractivity contribution in [2.45, 2.75) is 12.0 Å². The number of hydrogen-bond acceptors (Lipinski definition) is 8. The zero-order valence-electron chi connectivity index (χ0n) is 15.1. The van der Waals surface area contributed by atoms with E-state index in [2.05, 4.69) is 0 Å². The number of phenolic OH excluding ortho intramolecular Hbond substituents is 2. The number of benzene rings is 2. The summed E-state index contributed by atoms with van der Waals surface area (Å²) in [6, 6.07) is 5.37. The predicted octanol–water partition coefficient (Wildman–Crippen LogP) is 1.29. The maximum absolute atomic E-state index is 11.7. The number of aldehydes is 2. The van der Waals surface area contributed by atoms with Gasteiger partial charge in [-0.3, -0.25) is 9.59 Å². The molecule has 6 N–H and O–H groups in total. The number of carbonyl (C=O) groups is 2. The summed E-state index contributed by atoms with van der Waals surface area (Å²) >= 11 is 0. The van der Waals surface area contributed by atoms with Crippen molar-refractivity contribution < 1.29 is 29.3 Å². The van der Waals surface area contributed by atoms with Crippen LogP contribution < -0.4 is 20.9 Å². The zero-order valence-corrected chi connectivity index (χ0v) is 15.1. The topological polar surface area (TPSA) is 145 Å². The van der Waals surface area contributed by atoms with Gasteiger partial charge in [0.25, 0.3) is 0 Å². The fourth-order valence-corrected chi connectivity index (χ4v) is 3.31. The largest absolute Gasteiger partial charge is 0.504 e. The molecule has 8 nitrogen and oxygen atoms in total. The summed E-state index contributed by atoms with van der Waals surface area (Å²) in [7, 11) is 2.63. The van der Waals surface area contributed by atoms with Crippen LogP contribution in [0.5, 0.6) is 23.0 Å². The molecule has 0 unspecified atom stereocenters. The van der Waals surface area contributed by atoms with Crippen molar-refractivity contribution in [3.05, 3.63) is 46.5 Å². The van der Waals surface area contributed by atoms with Gasteiger partial charge in [-0.1, -0.05) is 0 Å². The van der Waals surface area contributed by atoms with Gasteiger partial charge in [-0.15, -0.1) is 0 Å². The minimum atomic E-state index is -1.57. The van der Waals surface area contributed by atoms with Gasteiger partial charge in [0, 0.05) is 22.3 Å². The van der Waals surface area contributed by atoms with E-state index in [4.69, 9.17) is 20.9 Å². The summed E-state index contributed by atoms with van der Waals surface area (Å²) in [5.74, 6) is -0.538. The Bertz CT molecular complexity index is 800. The molecule has 0 aliphatic carbocycles. The summed E-state index contributed by atoms with van der Waals surface area (Å²) in [5.41, 5.74) is 11.5. The fraction of sp³-hybridized carbons (Fsp3) is 0.263. The highest BCUT2D eigenvalue weighted by Gasteiger charge is 2.40. The number of nitrogens with two attached hydrogens (primary N) is 2. The zero-order chi connectivity index (χ0) is 20.2. The molecule has 0 aliphatic heterocycles. The van der Waals surface area contributed by atoms with Crippen molar-refractivity contribution in [1.82, 2.24) is 0 Å². The third-order valence-electron chi connectivity index (χ3n) is 4.43. The Kier molecular flexibility index (Phi) is 6.04. The number of rotatable bonds is 8. The number of carbonyl (C=O) groups excluding carboxylic acids is 2. The van der Waals surface area contributed by atoms with Crippen molar-refractivity contribution in [3.63, 3.8) is 0 Å². The van der Waals surface area contributed by atoms with Crippen LogP contribution in [0.3, 0.4) is 0 Å². The molecule has 0 bridgehead atoms. The molecule has 0 radical (unpaired) electrons. The molecule has 2 aromatic carbocycles. The summed E-state index contributed by atoms with van der Waals surface area (Å²) < 4.78 is 10.6. The maximum Gasteiger partial charge on any atom is 0.166 e. The second-order valence-corrected chi connectivity index (χ2v) is 5.91. The van der Waals surface area contributed by atoms with Gasteiger partial charge in [0.1, 0.15) is 0 Å². The highest BCUT2D eigenvalue weighted by atomic mass is 16.5. The van der Waals surface area contributed by atoms with E-state index in [0.717, 1.165) is 0 Å². The number of aromatic hydroxyl groups is 2. The quantitative estimate of drug-likeness (QED) is 0.506. The molecule has 2 aromatic rings. The minimum absolute atomic E-state index is 0.0298. The van der Waals surface area contributed by atoms with Gasteiger partial charge in [0.15, 0.2) is 35.6 Å². The summed E-state index contributed by atoms with van der Waals surface area (Å²) in [6.45, 7) is 0.0741. The van der Waals surface area contributed by atoms with Gasteiger partial charge in [0.2, 0.25) is 0 Å². The van der Waals surface area contributed by atoms with Crippen molar-refractivity contribution >= 4 is 12.6 Å². The lowest BCUT2D eigenvalue weighted by atomic mass is 9.76. The third kappa shape index (κ3) is 3.32. The van der Waals surface area contributed by atoms with E-state index in [9.17, 15) is 19.8 Å². The molecule has 0 saturated carbocycles. The smallest absolute Gasteiger partial charge is 0.166 e. The molecular formula is C19H22N2O6. The van der Waals surface area contributed by atoms with Crippen molar-refractivity contribution in [3.8, 4) is 23.0 Å². The molecule has 0 aliphatic rings. The Hall–Kier alpha value is -3.10. The third-order valence-corrected chi connectivity index (χ3v) is 4.43. The van der Waals surface area contributed by atoms with E-state index in [-0.39, 0.29) is 58.2 Å². The Labute approximate surface area is 156 Å². The van der Waals surface area contributed by atoms with Gasteiger partial charge in [-0.2, -0.15) is 0 Å².